The van der Waals surface area contributed by atoms with Gasteiger partial charge in [-0.25, -0.2) is 9.67 Å². The molecule has 0 saturated carbocycles. The summed E-state index contributed by atoms with van der Waals surface area (Å²) in [5.41, 5.74) is 1.09. The SMILES string of the molecule is Cc1ccc2c3n(nc2n1)C(C(F)(F)F)CC(C)N3. The molecule has 2 atom stereocenters. The van der Waals surface area contributed by atoms with E-state index in [1.165, 1.54) is 0 Å². The second-order valence-electron chi connectivity index (χ2n) is 4.96. The summed E-state index contributed by atoms with van der Waals surface area (Å²) in [4.78, 5) is 4.18. The zero-order valence-corrected chi connectivity index (χ0v) is 10.5. The van der Waals surface area contributed by atoms with Crippen LogP contribution in [0, 0.1) is 6.92 Å². The summed E-state index contributed by atoms with van der Waals surface area (Å²) >= 11 is 0. The van der Waals surface area contributed by atoms with E-state index >= 15 is 0 Å². The number of anilines is 1. The lowest BCUT2D eigenvalue weighted by Crippen LogP contribution is -2.37. The third kappa shape index (κ3) is 1.93. The molecule has 102 valence electrons. The highest BCUT2D eigenvalue weighted by Crippen LogP contribution is 2.41. The number of alkyl halides is 3. The molecule has 19 heavy (non-hydrogen) atoms. The van der Waals surface area contributed by atoms with E-state index in [0.29, 0.717) is 16.9 Å². The number of rotatable bonds is 0. The second-order valence-corrected chi connectivity index (χ2v) is 4.96. The lowest BCUT2D eigenvalue weighted by atomic mass is 10.1. The van der Waals surface area contributed by atoms with Crippen LogP contribution in [0.3, 0.4) is 0 Å². The van der Waals surface area contributed by atoms with Crippen LogP contribution in [0.4, 0.5) is 19.0 Å². The minimum Gasteiger partial charge on any atom is -0.367 e. The maximum atomic E-state index is 13.1. The van der Waals surface area contributed by atoms with Crippen molar-refractivity contribution in [1.29, 1.82) is 0 Å². The lowest BCUT2D eigenvalue weighted by molar-refractivity contribution is -0.173. The highest BCUT2D eigenvalue weighted by molar-refractivity contribution is 5.88. The summed E-state index contributed by atoms with van der Waals surface area (Å²) < 4.78 is 40.3. The molecule has 0 spiro atoms. The van der Waals surface area contributed by atoms with Crippen LogP contribution in [-0.4, -0.2) is 27.0 Å². The fraction of sp³-hybridized carbons (Fsp3) is 0.500. The summed E-state index contributed by atoms with van der Waals surface area (Å²) in [6.45, 7) is 3.53. The Morgan fingerprint density at radius 1 is 1.37 bits per heavy atom. The van der Waals surface area contributed by atoms with Crippen LogP contribution >= 0.6 is 0 Å². The van der Waals surface area contributed by atoms with Gasteiger partial charge in [-0.1, -0.05) is 0 Å². The summed E-state index contributed by atoms with van der Waals surface area (Å²) in [6, 6.07) is 1.69. The van der Waals surface area contributed by atoms with Gasteiger partial charge in [0.05, 0.1) is 5.39 Å². The molecule has 0 aliphatic carbocycles. The molecule has 0 bridgehead atoms. The van der Waals surface area contributed by atoms with Crippen LogP contribution < -0.4 is 5.32 Å². The summed E-state index contributed by atoms with van der Waals surface area (Å²) in [7, 11) is 0. The molecule has 0 radical (unpaired) electrons. The molecular weight excluding hydrogens is 257 g/mol. The standard InChI is InChI=1S/C12H13F3N4/c1-6-3-4-8-10(16-6)18-19-9(12(13,14)15)5-7(2)17-11(8)19/h3-4,7,9,17H,5H2,1-2H3. The van der Waals surface area contributed by atoms with Crippen LogP contribution in [-0.2, 0) is 0 Å². The molecule has 0 saturated heterocycles. The molecule has 0 fully saturated rings. The van der Waals surface area contributed by atoms with Crippen molar-refractivity contribution in [2.24, 2.45) is 0 Å². The first kappa shape index (κ1) is 12.3. The molecular formula is C12H13F3N4. The van der Waals surface area contributed by atoms with Gasteiger partial charge in [0.25, 0.3) is 0 Å². The van der Waals surface area contributed by atoms with Crippen molar-refractivity contribution in [3.63, 3.8) is 0 Å². The average Bonchev–Trinajstić information content (AvgIpc) is 2.64. The molecule has 1 aliphatic heterocycles. The lowest BCUT2D eigenvalue weighted by Gasteiger charge is -2.31. The zero-order chi connectivity index (χ0) is 13.8. The maximum Gasteiger partial charge on any atom is 0.410 e. The molecule has 1 N–H and O–H groups in total. The van der Waals surface area contributed by atoms with Gasteiger partial charge in [0.2, 0.25) is 0 Å². The van der Waals surface area contributed by atoms with E-state index in [0.717, 1.165) is 10.4 Å². The van der Waals surface area contributed by atoms with Gasteiger partial charge in [0, 0.05) is 11.7 Å². The molecule has 3 heterocycles. The van der Waals surface area contributed by atoms with Crippen molar-refractivity contribution >= 4 is 16.9 Å². The number of fused-ring (bicyclic) bond motifs is 3. The molecule has 3 rings (SSSR count). The molecule has 4 nitrogen and oxygen atoms in total. The first-order chi connectivity index (χ1) is 8.86. The van der Waals surface area contributed by atoms with Gasteiger partial charge in [-0.3, -0.25) is 0 Å². The van der Waals surface area contributed by atoms with Crippen molar-refractivity contribution in [2.75, 3.05) is 5.32 Å². The second kappa shape index (κ2) is 3.85. The monoisotopic (exact) mass is 270 g/mol. The van der Waals surface area contributed by atoms with Crippen molar-refractivity contribution in [3.8, 4) is 0 Å². The van der Waals surface area contributed by atoms with Crippen molar-refractivity contribution in [1.82, 2.24) is 14.8 Å². The third-order valence-electron chi connectivity index (χ3n) is 3.33. The topological polar surface area (TPSA) is 42.7 Å². The summed E-state index contributed by atoms with van der Waals surface area (Å²) in [5.74, 6) is 0.406. The van der Waals surface area contributed by atoms with Gasteiger partial charge in [-0.05, 0) is 32.4 Å². The number of nitrogens with zero attached hydrogens (tertiary/aromatic N) is 3. The Hall–Kier alpha value is -1.79. The van der Waals surface area contributed by atoms with E-state index in [4.69, 9.17) is 0 Å². The Bertz CT molecular complexity index is 632. The Balaban J connectivity index is 2.22. The number of nitrogens with one attached hydrogen (secondary N) is 1. The molecule has 7 heteroatoms. The van der Waals surface area contributed by atoms with E-state index in [2.05, 4.69) is 15.4 Å². The van der Waals surface area contributed by atoms with Crippen molar-refractivity contribution < 1.29 is 13.2 Å². The molecule has 2 unspecified atom stereocenters. The van der Waals surface area contributed by atoms with Crippen LogP contribution in [0.5, 0.6) is 0 Å². The number of hydrogen-bond donors (Lipinski definition) is 1. The fourth-order valence-corrected chi connectivity index (χ4v) is 2.45. The summed E-state index contributed by atoms with van der Waals surface area (Å²) in [6.07, 6.45) is -4.33. The van der Waals surface area contributed by atoms with E-state index in [1.807, 2.05) is 0 Å². The Morgan fingerprint density at radius 3 is 2.79 bits per heavy atom. The van der Waals surface area contributed by atoms with Gasteiger partial charge >= 0.3 is 6.18 Å². The number of halogens is 3. The zero-order valence-electron chi connectivity index (χ0n) is 10.5. The van der Waals surface area contributed by atoms with Crippen LogP contribution in [0.1, 0.15) is 25.1 Å². The van der Waals surface area contributed by atoms with Gasteiger partial charge < -0.3 is 5.32 Å². The molecule has 1 aliphatic rings. The van der Waals surface area contributed by atoms with Gasteiger partial charge in [0.15, 0.2) is 11.7 Å². The molecule has 2 aromatic heterocycles. The van der Waals surface area contributed by atoms with Crippen LogP contribution in [0.2, 0.25) is 0 Å². The normalized spacial score (nSPS) is 23.2. The van der Waals surface area contributed by atoms with Crippen LogP contribution in [0.15, 0.2) is 12.1 Å². The number of hydrogen-bond acceptors (Lipinski definition) is 3. The molecule has 0 aromatic carbocycles. The first-order valence-electron chi connectivity index (χ1n) is 6.05. The largest absolute Gasteiger partial charge is 0.410 e. The fourth-order valence-electron chi connectivity index (χ4n) is 2.45. The van der Waals surface area contributed by atoms with E-state index in [1.54, 1.807) is 26.0 Å². The van der Waals surface area contributed by atoms with Crippen LogP contribution in [0.25, 0.3) is 11.0 Å². The number of aromatic nitrogens is 3. The van der Waals surface area contributed by atoms with Crippen molar-refractivity contribution in [3.05, 3.63) is 17.8 Å². The Morgan fingerprint density at radius 2 is 2.11 bits per heavy atom. The predicted molar refractivity (Wildman–Crippen MR) is 65.1 cm³/mol. The Kier molecular flexibility index (Phi) is 2.48. The highest BCUT2D eigenvalue weighted by atomic mass is 19.4. The van der Waals surface area contributed by atoms with Gasteiger partial charge in [-0.15, -0.1) is 5.10 Å². The quantitative estimate of drug-likeness (QED) is 0.800. The molecule has 2 aromatic rings. The van der Waals surface area contributed by atoms with Gasteiger partial charge in [0.1, 0.15) is 5.82 Å². The maximum absolute atomic E-state index is 13.1. The Labute approximate surface area is 107 Å². The minimum absolute atomic E-state index is 0.0243. The van der Waals surface area contributed by atoms with E-state index < -0.39 is 12.2 Å². The molecule has 0 amide bonds. The minimum atomic E-state index is -4.30. The summed E-state index contributed by atoms with van der Waals surface area (Å²) in [5, 5.41) is 7.72. The first-order valence-corrected chi connectivity index (χ1v) is 6.05. The van der Waals surface area contributed by atoms with Crippen molar-refractivity contribution in [2.45, 2.75) is 38.5 Å². The van der Waals surface area contributed by atoms with E-state index in [9.17, 15) is 13.2 Å². The van der Waals surface area contributed by atoms with E-state index in [-0.39, 0.29) is 12.5 Å². The highest BCUT2D eigenvalue weighted by Gasteiger charge is 2.45. The third-order valence-corrected chi connectivity index (χ3v) is 3.33. The predicted octanol–water partition coefficient (Wildman–Crippen LogP) is 3.05. The average molecular weight is 270 g/mol. The van der Waals surface area contributed by atoms with Gasteiger partial charge in [-0.2, -0.15) is 13.2 Å². The number of aryl methyl sites for hydroxylation is 1. The number of pyridine rings is 1. The smallest absolute Gasteiger partial charge is 0.367 e.